The average Bonchev–Trinajstić information content (AvgIpc) is 2.38. The van der Waals surface area contributed by atoms with Crippen molar-refractivity contribution < 1.29 is 4.74 Å². The van der Waals surface area contributed by atoms with Gasteiger partial charge in [0, 0.05) is 11.8 Å². The van der Waals surface area contributed by atoms with Crippen molar-refractivity contribution in [2.75, 3.05) is 7.11 Å². The number of methoxy groups -OCH3 is 1. The van der Waals surface area contributed by atoms with E-state index in [-0.39, 0.29) is 11.4 Å². The zero-order valence-corrected chi connectivity index (χ0v) is 9.10. The second kappa shape index (κ2) is 4.49. The zero-order chi connectivity index (χ0) is 12.3. The van der Waals surface area contributed by atoms with Gasteiger partial charge >= 0.3 is 0 Å². The normalized spacial score (nSPS) is 9.65. The molecule has 0 unspecified atom stereocenters. The van der Waals surface area contributed by atoms with Gasteiger partial charge in [-0.2, -0.15) is 5.26 Å². The predicted octanol–water partition coefficient (Wildman–Crippen LogP) is 1.32. The molecule has 0 bridgehead atoms. The van der Waals surface area contributed by atoms with E-state index in [0.29, 0.717) is 16.9 Å². The highest BCUT2D eigenvalue weighted by atomic mass is 16.5. The van der Waals surface area contributed by atoms with Gasteiger partial charge in [0.25, 0.3) is 5.56 Å². The number of nitriles is 1. The predicted molar refractivity (Wildman–Crippen MR) is 61.6 cm³/mol. The Bertz CT molecular complexity index is 641. The number of nitrogens with one attached hydrogen (secondary N) is 1. The molecule has 1 heterocycles. The van der Waals surface area contributed by atoms with E-state index >= 15 is 0 Å². The van der Waals surface area contributed by atoms with Crippen molar-refractivity contribution in [3.05, 3.63) is 46.6 Å². The Hall–Kier alpha value is -2.61. The second-order valence-electron chi connectivity index (χ2n) is 3.29. The molecule has 0 fully saturated rings. The molecule has 1 aromatic carbocycles. The maximum atomic E-state index is 11.8. The van der Waals surface area contributed by atoms with E-state index < -0.39 is 0 Å². The first-order valence-electron chi connectivity index (χ1n) is 4.89. The molecule has 0 aliphatic rings. The fourth-order valence-electron chi connectivity index (χ4n) is 1.51. The molecule has 0 saturated heterocycles. The molecule has 5 nitrogen and oxygen atoms in total. The van der Waals surface area contributed by atoms with Crippen LogP contribution in [0.15, 0.2) is 35.3 Å². The molecule has 0 radical (unpaired) electrons. The summed E-state index contributed by atoms with van der Waals surface area (Å²) in [4.78, 5) is 18.0. The van der Waals surface area contributed by atoms with Gasteiger partial charge in [-0.3, -0.25) is 9.78 Å². The third-order valence-corrected chi connectivity index (χ3v) is 2.30. The molecule has 2 aromatic rings. The number of aromatic amines is 1. The maximum absolute atomic E-state index is 11.8. The number of aromatic nitrogens is 2. The summed E-state index contributed by atoms with van der Waals surface area (Å²) in [6.45, 7) is 0. The first kappa shape index (κ1) is 10.9. The SMILES string of the molecule is COc1ccccc1-c1cnc(C#N)[nH]c1=O. The highest BCUT2D eigenvalue weighted by Crippen LogP contribution is 2.26. The van der Waals surface area contributed by atoms with Crippen molar-refractivity contribution in [3.63, 3.8) is 0 Å². The van der Waals surface area contributed by atoms with Gasteiger partial charge < -0.3 is 4.74 Å². The van der Waals surface area contributed by atoms with Crippen LogP contribution >= 0.6 is 0 Å². The van der Waals surface area contributed by atoms with Crippen molar-refractivity contribution in [3.8, 4) is 22.9 Å². The fourth-order valence-corrected chi connectivity index (χ4v) is 1.51. The van der Waals surface area contributed by atoms with Crippen molar-refractivity contribution in [2.45, 2.75) is 0 Å². The number of ether oxygens (including phenoxy) is 1. The van der Waals surface area contributed by atoms with E-state index in [0.717, 1.165) is 0 Å². The molecule has 0 aliphatic carbocycles. The molecule has 0 saturated carbocycles. The molecule has 5 heteroatoms. The third kappa shape index (κ3) is 2.01. The van der Waals surface area contributed by atoms with Crippen LogP contribution in [0.1, 0.15) is 5.82 Å². The van der Waals surface area contributed by atoms with Gasteiger partial charge in [-0.05, 0) is 6.07 Å². The maximum Gasteiger partial charge on any atom is 0.259 e. The number of hydrogen-bond donors (Lipinski definition) is 1. The molecule has 0 atom stereocenters. The Balaban J connectivity index is 2.62. The fraction of sp³-hybridized carbons (Fsp3) is 0.0833. The Morgan fingerprint density at radius 1 is 1.35 bits per heavy atom. The second-order valence-corrected chi connectivity index (χ2v) is 3.29. The zero-order valence-electron chi connectivity index (χ0n) is 9.10. The minimum atomic E-state index is -0.360. The molecular weight excluding hydrogens is 218 g/mol. The standard InChI is InChI=1S/C12H9N3O2/c1-17-10-5-3-2-4-8(10)9-7-14-11(6-13)15-12(9)16/h2-5,7H,1H3,(H,14,15,16). The van der Waals surface area contributed by atoms with Gasteiger partial charge in [0.05, 0.1) is 12.7 Å². The van der Waals surface area contributed by atoms with Crippen LogP contribution in [0.4, 0.5) is 0 Å². The smallest absolute Gasteiger partial charge is 0.259 e. The Morgan fingerprint density at radius 3 is 2.76 bits per heavy atom. The van der Waals surface area contributed by atoms with Gasteiger partial charge in [-0.1, -0.05) is 18.2 Å². The van der Waals surface area contributed by atoms with Gasteiger partial charge in [0.2, 0.25) is 5.82 Å². The van der Waals surface area contributed by atoms with Crippen molar-refractivity contribution in [1.29, 1.82) is 5.26 Å². The number of hydrogen-bond acceptors (Lipinski definition) is 4. The lowest BCUT2D eigenvalue weighted by molar-refractivity contribution is 0.416. The quantitative estimate of drug-likeness (QED) is 0.839. The molecular formula is C12H9N3O2. The molecule has 1 aromatic heterocycles. The van der Waals surface area contributed by atoms with Crippen molar-refractivity contribution >= 4 is 0 Å². The lowest BCUT2D eigenvalue weighted by atomic mass is 10.1. The molecule has 0 aliphatic heterocycles. The van der Waals surface area contributed by atoms with Crippen LogP contribution in [0.25, 0.3) is 11.1 Å². The number of rotatable bonds is 2. The number of H-pyrrole nitrogens is 1. The monoisotopic (exact) mass is 227 g/mol. The van der Waals surface area contributed by atoms with Gasteiger partial charge in [0.1, 0.15) is 11.8 Å². The summed E-state index contributed by atoms with van der Waals surface area (Å²) < 4.78 is 5.17. The number of benzene rings is 1. The lowest BCUT2D eigenvalue weighted by Gasteiger charge is -2.06. The van der Waals surface area contributed by atoms with Crippen LogP contribution in [-0.2, 0) is 0 Å². The van der Waals surface area contributed by atoms with E-state index in [1.165, 1.54) is 13.3 Å². The van der Waals surface area contributed by atoms with E-state index in [2.05, 4.69) is 9.97 Å². The van der Waals surface area contributed by atoms with Crippen molar-refractivity contribution in [2.24, 2.45) is 0 Å². The van der Waals surface area contributed by atoms with Crippen LogP contribution in [0.2, 0.25) is 0 Å². The molecule has 2 rings (SSSR count). The summed E-state index contributed by atoms with van der Waals surface area (Å²) in [5.41, 5.74) is 0.663. The minimum absolute atomic E-state index is 0.00588. The Kier molecular flexibility index (Phi) is 2.88. The first-order valence-corrected chi connectivity index (χ1v) is 4.89. The van der Waals surface area contributed by atoms with Crippen LogP contribution in [0, 0.1) is 11.3 Å². The van der Waals surface area contributed by atoms with Crippen LogP contribution < -0.4 is 10.3 Å². The summed E-state index contributed by atoms with van der Waals surface area (Å²) in [7, 11) is 1.53. The number of para-hydroxylation sites is 1. The number of nitrogens with zero attached hydrogens (tertiary/aromatic N) is 2. The van der Waals surface area contributed by atoms with Gasteiger partial charge in [-0.25, -0.2) is 4.98 Å². The molecule has 1 N–H and O–H groups in total. The Labute approximate surface area is 97.3 Å². The Morgan fingerprint density at radius 2 is 2.12 bits per heavy atom. The average molecular weight is 227 g/mol. The van der Waals surface area contributed by atoms with E-state index in [9.17, 15) is 4.79 Å². The summed E-state index contributed by atoms with van der Waals surface area (Å²) in [6.07, 6.45) is 1.37. The molecule has 17 heavy (non-hydrogen) atoms. The third-order valence-electron chi connectivity index (χ3n) is 2.30. The lowest BCUT2D eigenvalue weighted by Crippen LogP contribution is -2.12. The van der Waals surface area contributed by atoms with Crippen LogP contribution in [0.3, 0.4) is 0 Å². The molecule has 0 spiro atoms. The van der Waals surface area contributed by atoms with Crippen LogP contribution in [0.5, 0.6) is 5.75 Å². The summed E-state index contributed by atoms with van der Waals surface area (Å²) in [6, 6.07) is 8.91. The van der Waals surface area contributed by atoms with Crippen molar-refractivity contribution in [1.82, 2.24) is 9.97 Å². The first-order chi connectivity index (χ1) is 8.26. The summed E-state index contributed by atoms with van der Waals surface area (Å²) in [5.74, 6) is 0.582. The summed E-state index contributed by atoms with van der Waals surface area (Å²) in [5, 5.41) is 8.62. The van der Waals surface area contributed by atoms with E-state index in [4.69, 9.17) is 10.00 Å². The minimum Gasteiger partial charge on any atom is -0.496 e. The summed E-state index contributed by atoms with van der Waals surface area (Å²) >= 11 is 0. The van der Waals surface area contributed by atoms with E-state index in [1.54, 1.807) is 24.3 Å². The molecule has 84 valence electrons. The van der Waals surface area contributed by atoms with E-state index in [1.807, 2.05) is 6.07 Å². The van der Waals surface area contributed by atoms with Crippen LogP contribution in [-0.4, -0.2) is 17.1 Å². The highest BCUT2D eigenvalue weighted by molar-refractivity contribution is 5.68. The van der Waals surface area contributed by atoms with Gasteiger partial charge in [-0.15, -0.1) is 0 Å². The highest BCUT2D eigenvalue weighted by Gasteiger charge is 2.09. The topological polar surface area (TPSA) is 78.8 Å². The largest absolute Gasteiger partial charge is 0.496 e. The molecule has 0 amide bonds. The van der Waals surface area contributed by atoms with Gasteiger partial charge in [0.15, 0.2) is 0 Å².